The molecule has 1 heterocycles. The van der Waals surface area contributed by atoms with Gasteiger partial charge in [-0.05, 0) is 48.9 Å². The molecule has 3 rings (SSSR count). The van der Waals surface area contributed by atoms with Crippen molar-refractivity contribution in [3.05, 3.63) is 92.7 Å². The van der Waals surface area contributed by atoms with Crippen LogP contribution in [0.1, 0.15) is 25.0 Å². The molecule has 0 amide bonds. The molecule has 0 N–H and O–H groups in total. The maximum atomic E-state index is 9.15. The van der Waals surface area contributed by atoms with Crippen molar-refractivity contribution in [3.63, 3.8) is 0 Å². The van der Waals surface area contributed by atoms with Crippen molar-refractivity contribution in [1.29, 1.82) is 0 Å². The van der Waals surface area contributed by atoms with Gasteiger partial charge in [0.15, 0.2) is 5.79 Å². The van der Waals surface area contributed by atoms with Gasteiger partial charge in [-0.3, -0.25) is 0 Å². The molecule has 0 bridgehead atoms. The second kappa shape index (κ2) is 9.45. The van der Waals surface area contributed by atoms with E-state index in [9.17, 15) is 0 Å². The molecule has 8 heteroatoms. The van der Waals surface area contributed by atoms with Crippen LogP contribution in [-0.4, -0.2) is 30.1 Å². The molecule has 0 spiro atoms. The lowest BCUT2D eigenvalue weighted by molar-refractivity contribution is -0.149. The summed E-state index contributed by atoms with van der Waals surface area (Å²) in [6, 6.07) is 18.5. The second-order valence-corrected chi connectivity index (χ2v) is 7.49. The summed E-state index contributed by atoms with van der Waals surface area (Å²) in [6.45, 7) is 3.62. The van der Waals surface area contributed by atoms with Crippen LogP contribution in [0.4, 0.5) is 0 Å². The third-order valence-electron chi connectivity index (χ3n) is 4.90. The van der Waals surface area contributed by atoms with Gasteiger partial charge in [-0.1, -0.05) is 70.9 Å². The van der Waals surface area contributed by atoms with Crippen molar-refractivity contribution < 1.29 is 9.47 Å². The van der Waals surface area contributed by atoms with Crippen LogP contribution in [-0.2, 0) is 22.3 Å². The van der Waals surface area contributed by atoms with Crippen LogP contribution in [0.25, 0.3) is 20.9 Å². The molecule has 1 aliphatic rings. The van der Waals surface area contributed by atoms with Gasteiger partial charge < -0.3 is 9.47 Å². The topological polar surface area (TPSA) is 116 Å². The first kappa shape index (κ1) is 20.7. The van der Waals surface area contributed by atoms with Crippen molar-refractivity contribution >= 4 is 0 Å². The van der Waals surface area contributed by atoms with Crippen molar-refractivity contribution in [2.24, 2.45) is 10.2 Å². The molecule has 0 radical (unpaired) electrons. The van der Waals surface area contributed by atoms with E-state index in [2.05, 4.69) is 20.1 Å². The van der Waals surface area contributed by atoms with Crippen molar-refractivity contribution in [2.75, 3.05) is 0 Å². The lowest BCUT2D eigenvalue weighted by Crippen LogP contribution is -2.42. The van der Waals surface area contributed by atoms with Crippen molar-refractivity contribution in [2.45, 2.75) is 56.8 Å². The highest BCUT2D eigenvalue weighted by atomic mass is 16.8. The first-order chi connectivity index (χ1) is 14.0. The first-order valence-corrected chi connectivity index (χ1v) is 9.54. The molecule has 8 nitrogen and oxygen atoms in total. The maximum Gasteiger partial charge on any atom is 0.163 e. The minimum Gasteiger partial charge on any atom is -0.344 e. The van der Waals surface area contributed by atoms with Gasteiger partial charge in [-0.2, -0.15) is 0 Å². The molecule has 150 valence electrons. The van der Waals surface area contributed by atoms with E-state index in [-0.39, 0.29) is 0 Å². The minimum absolute atomic E-state index is 0.499. The molecule has 4 atom stereocenters. The van der Waals surface area contributed by atoms with Crippen LogP contribution >= 0.6 is 0 Å². The minimum atomic E-state index is -0.880. The quantitative estimate of drug-likeness (QED) is 0.342. The molecular formula is C21H24N6O2. The molecule has 0 aromatic heterocycles. The summed E-state index contributed by atoms with van der Waals surface area (Å²) in [5, 5.41) is 8.02. The fraction of sp³-hybridized carbons (Fsp3) is 0.429. The number of nitrogens with zero attached hydrogens (tertiary/aromatic N) is 6. The normalized spacial score (nSPS) is 22.1. The highest BCUT2D eigenvalue weighted by Gasteiger charge is 2.48. The number of ether oxygens (including phenoxy) is 2. The Morgan fingerprint density at radius 3 is 1.52 bits per heavy atom. The van der Waals surface area contributed by atoms with E-state index < -0.39 is 30.1 Å². The van der Waals surface area contributed by atoms with E-state index in [0.29, 0.717) is 12.8 Å². The molecule has 0 aliphatic carbocycles. The van der Waals surface area contributed by atoms with Crippen molar-refractivity contribution in [3.8, 4) is 0 Å². The van der Waals surface area contributed by atoms with Crippen molar-refractivity contribution in [1.82, 2.24) is 0 Å². The monoisotopic (exact) mass is 392 g/mol. The highest BCUT2D eigenvalue weighted by molar-refractivity contribution is 5.19. The number of rotatable bonds is 8. The summed E-state index contributed by atoms with van der Waals surface area (Å²) >= 11 is 0. The van der Waals surface area contributed by atoms with Crippen LogP contribution in [0, 0.1) is 0 Å². The number of azide groups is 2. The zero-order valence-corrected chi connectivity index (χ0v) is 16.5. The zero-order chi connectivity index (χ0) is 20.7. The highest BCUT2D eigenvalue weighted by Crippen LogP contribution is 2.35. The second-order valence-electron chi connectivity index (χ2n) is 7.49. The van der Waals surface area contributed by atoms with Gasteiger partial charge in [0.25, 0.3) is 0 Å². The first-order valence-electron chi connectivity index (χ1n) is 9.54. The van der Waals surface area contributed by atoms with Gasteiger partial charge in [-0.25, -0.2) is 0 Å². The SMILES string of the molecule is CC1(C)O[C@H]([C@H](Cc2ccccc2)N=[N+]=[N-])[C@@H]([C@@H](Cc2ccccc2)N=[N+]=[N-])O1. The molecule has 29 heavy (non-hydrogen) atoms. The smallest absolute Gasteiger partial charge is 0.163 e. The Balaban J connectivity index is 1.90. The van der Waals surface area contributed by atoms with Crippen LogP contribution in [0.3, 0.4) is 0 Å². The molecule has 1 fully saturated rings. The Kier molecular flexibility index (Phi) is 6.75. The molecule has 0 saturated carbocycles. The lowest BCUT2D eigenvalue weighted by atomic mass is 9.92. The zero-order valence-electron chi connectivity index (χ0n) is 16.5. The van der Waals surface area contributed by atoms with E-state index in [0.717, 1.165) is 11.1 Å². The van der Waals surface area contributed by atoms with E-state index in [1.165, 1.54) is 0 Å². The molecule has 1 aliphatic heterocycles. The Hall–Kier alpha value is -3.02. The molecule has 2 aromatic rings. The van der Waals surface area contributed by atoms with Gasteiger partial charge in [0.1, 0.15) is 0 Å². The van der Waals surface area contributed by atoms with E-state index in [4.69, 9.17) is 20.5 Å². The van der Waals surface area contributed by atoms with Crippen LogP contribution in [0.2, 0.25) is 0 Å². The number of benzene rings is 2. The van der Waals surface area contributed by atoms with E-state index >= 15 is 0 Å². The van der Waals surface area contributed by atoms with Gasteiger partial charge in [0.05, 0.1) is 24.3 Å². The summed E-state index contributed by atoms with van der Waals surface area (Å²) in [5.74, 6) is -0.880. The lowest BCUT2D eigenvalue weighted by Gasteiger charge is -2.27. The maximum absolute atomic E-state index is 9.15. The Morgan fingerprint density at radius 1 is 0.793 bits per heavy atom. The standard InChI is InChI=1S/C21H24N6O2/c1-21(2)28-19(17(24-26-22)13-15-9-5-3-6-10-15)20(29-21)18(25-27-23)14-16-11-7-4-8-12-16/h3-12,17-20H,13-14H2,1-2H3/t17-,18+,19-,20-/m1/s1. The summed E-state index contributed by atoms with van der Waals surface area (Å²) in [5.41, 5.74) is 20.4. The van der Waals surface area contributed by atoms with E-state index in [1.807, 2.05) is 74.5 Å². The van der Waals surface area contributed by atoms with Gasteiger partial charge in [0.2, 0.25) is 0 Å². The number of hydrogen-bond donors (Lipinski definition) is 0. The Bertz CT molecular complexity index is 818. The fourth-order valence-electron chi connectivity index (χ4n) is 3.70. The van der Waals surface area contributed by atoms with Gasteiger partial charge in [-0.15, -0.1) is 0 Å². The average Bonchev–Trinajstić information content (AvgIpc) is 3.04. The summed E-state index contributed by atoms with van der Waals surface area (Å²) in [7, 11) is 0. The average molecular weight is 392 g/mol. The predicted molar refractivity (Wildman–Crippen MR) is 110 cm³/mol. The van der Waals surface area contributed by atoms with Gasteiger partial charge >= 0.3 is 0 Å². The van der Waals surface area contributed by atoms with Crippen LogP contribution in [0.5, 0.6) is 0 Å². The van der Waals surface area contributed by atoms with E-state index in [1.54, 1.807) is 0 Å². The third-order valence-corrected chi connectivity index (χ3v) is 4.90. The number of hydrogen-bond acceptors (Lipinski definition) is 4. The summed E-state index contributed by atoms with van der Waals surface area (Å²) in [4.78, 5) is 6.07. The van der Waals surface area contributed by atoms with Gasteiger partial charge in [0, 0.05) is 9.82 Å². The molecule has 1 saturated heterocycles. The van der Waals surface area contributed by atoms with Crippen LogP contribution in [0.15, 0.2) is 70.9 Å². The summed E-state index contributed by atoms with van der Waals surface area (Å²) < 4.78 is 12.3. The van der Waals surface area contributed by atoms with Crippen LogP contribution < -0.4 is 0 Å². The fourth-order valence-corrected chi connectivity index (χ4v) is 3.70. The Morgan fingerprint density at radius 2 is 1.17 bits per heavy atom. The molecular weight excluding hydrogens is 368 g/mol. The third kappa shape index (κ3) is 5.50. The Labute approximate surface area is 169 Å². The summed E-state index contributed by atoms with van der Waals surface area (Å²) in [6.07, 6.45) is -0.0831. The predicted octanol–water partition coefficient (Wildman–Crippen LogP) is 5.35. The molecule has 2 aromatic carbocycles. The molecule has 0 unspecified atom stereocenters. The largest absolute Gasteiger partial charge is 0.344 e.